The highest BCUT2D eigenvalue weighted by atomic mass is 16.7. The van der Waals surface area contributed by atoms with Crippen molar-refractivity contribution in [1.82, 2.24) is 5.32 Å². The zero-order valence-electron chi connectivity index (χ0n) is 13.9. The molecule has 0 bridgehead atoms. The monoisotopic (exact) mass is 329 g/mol. The van der Waals surface area contributed by atoms with Gasteiger partial charge in [0.2, 0.25) is 6.41 Å². The average Bonchev–Trinajstić information content (AvgIpc) is 2.65. The fraction of sp³-hybridized carbons (Fsp3) is 0.421. The average molecular weight is 329 g/mol. The topological polar surface area (TPSA) is 56.8 Å². The lowest BCUT2D eigenvalue weighted by Gasteiger charge is -2.30. The molecule has 1 aliphatic heterocycles. The Balaban J connectivity index is 1.64. The summed E-state index contributed by atoms with van der Waals surface area (Å²) in [6, 6.07) is 12.4. The van der Waals surface area contributed by atoms with Crippen molar-refractivity contribution < 1.29 is 19.0 Å². The van der Waals surface area contributed by atoms with Crippen LogP contribution in [0.3, 0.4) is 0 Å². The van der Waals surface area contributed by atoms with E-state index in [-0.39, 0.29) is 12.2 Å². The third-order valence-corrected chi connectivity index (χ3v) is 4.37. The molecule has 2 aromatic carbocycles. The zero-order valence-corrected chi connectivity index (χ0v) is 13.9. The second kappa shape index (κ2) is 8.13. The molecular formula is C19H23NO4. The standard InChI is InChI=1S/C19H23NO4/c1-22-16-7-8-18-14(10-16)4-2-5-17(18)15-11-23-19(24-12-15)6-3-9-20-13-21/h2,4-5,7-8,10,13,15,19H,3,6,9,11-12H2,1H3,(H,20,21). The van der Waals surface area contributed by atoms with Gasteiger partial charge >= 0.3 is 0 Å². The summed E-state index contributed by atoms with van der Waals surface area (Å²) in [5.41, 5.74) is 1.25. The second-order valence-corrected chi connectivity index (χ2v) is 5.94. The van der Waals surface area contributed by atoms with Crippen LogP contribution in [0.15, 0.2) is 36.4 Å². The SMILES string of the molecule is COc1ccc2c(C3COC(CCCNC=O)OC3)cccc2c1. The number of hydrogen-bond donors (Lipinski definition) is 1. The van der Waals surface area contributed by atoms with Gasteiger partial charge < -0.3 is 19.5 Å². The molecule has 0 radical (unpaired) electrons. The third kappa shape index (κ3) is 3.86. The Morgan fingerprint density at radius 2 is 2.08 bits per heavy atom. The molecule has 1 saturated heterocycles. The molecule has 1 amide bonds. The maximum Gasteiger partial charge on any atom is 0.207 e. The van der Waals surface area contributed by atoms with Crippen molar-refractivity contribution >= 4 is 17.2 Å². The number of nitrogens with one attached hydrogen (secondary N) is 1. The van der Waals surface area contributed by atoms with Crippen LogP contribution < -0.4 is 10.1 Å². The van der Waals surface area contributed by atoms with E-state index in [1.54, 1.807) is 7.11 Å². The molecule has 0 aromatic heterocycles. The van der Waals surface area contributed by atoms with Crippen LogP contribution in [0.25, 0.3) is 10.8 Å². The van der Waals surface area contributed by atoms with Gasteiger partial charge in [0, 0.05) is 18.9 Å². The Kier molecular flexibility index (Phi) is 5.67. The van der Waals surface area contributed by atoms with Crippen LogP contribution in [0.1, 0.15) is 24.3 Å². The number of methoxy groups -OCH3 is 1. The van der Waals surface area contributed by atoms with E-state index in [1.807, 2.05) is 12.1 Å². The lowest BCUT2D eigenvalue weighted by atomic mass is 9.94. The van der Waals surface area contributed by atoms with Crippen molar-refractivity contribution in [3.63, 3.8) is 0 Å². The Morgan fingerprint density at radius 3 is 2.83 bits per heavy atom. The minimum absolute atomic E-state index is 0.176. The van der Waals surface area contributed by atoms with Gasteiger partial charge in [-0.1, -0.05) is 24.3 Å². The van der Waals surface area contributed by atoms with Crippen LogP contribution in [0.4, 0.5) is 0 Å². The number of fused-ring (bicyclic) bond motifs is 1. The van der Waals surface area contributed by atoms with E-state index >= 15 is 0 Å². The van der Waals surface area contributed by atoms with E-state index in [1.165, 1.54) is 10.9 Å². The van der Waals surface area contributed by atoms with Gasteiger partial charge in [-0.15, -0.1) is 0 Å². The maximum absolute atomic E-state index is 10.2. The number of hydrogen-bond acceptors (Lipinski definition) is 4. The summed E-state index contributed by atoms with van der Waals surface area (Å²) >= 11 is 0. The Bertz CT molecular complexity index is 680. The molecule has 5 nitrogen and oxygen atoms in total. The Labute approximate surface area is 141 Å². The smallest absolute Gasteiger partial charge is 0.207 e. The van der Waals surface area contributed by atoms with Crippen LogP contribution in [-0.4, -0.2) is 39.6 Å². The first-order valence-corrected chi connectivity index (χ1v) is 8.28. The van der Waals surface area contributed by atoms with Crippen molar-refractivity contribution in [3.8, 4) is 5.75 Å². The van der Waals surface area contributed by atoms with Gasteiger partial charge in [0.05, 0.1) is 20.3 Å². The van der Waals surface area contributed by atoms with Crippen LogP contribution in [0, 0.1) is 0 Å². The Morgan fingerprint density at radius 1 is 1.25 bits per heavy atom. The molecular weight excluding hydrogens is 306 g/mol. The normalized spacial score (nSPS) is 20.7. The van der Waals surface area contributed by atoms with Gasteiger partial charge in [0.15, 0.2) is 6.29 Å². The van der Waals surface area contributed by atoms with Gasteiger partial charge in [0.25, 0.3) is 0 Å². The van der Waals surface area contributed by atoms with Crippen molar-refractivity contribution in [3.05, 3.63) is 42.0 Å². The number of benzene rings is 2. The highest BCUT2D eigenvalue weighted by Gasteiger charge is 2.24. The zero-order chi connectivity index (χ0) is 16.8. The maximum atomic E-state index is 10.2. The predicted molar refractivity (Wildman–Crippen MR) is 92.2 cm³/mol. The number of carbonyl (C=O) groups excluding carboxylic acids is 1. The molecule has 0 saturated carbocycles. The van der Waals surface area contributed by atoms with Gasteiger partial charge in [0.1, 0.15) is 5.75 Å². The summed E-state index contributed by atoms with van der Waals surface area (Å²) in [4.78, 5) is 10.2. The fourth-order valence-electron chi connectivity index (χ4n) is 3.09. The molecule has 1 N–H and O–H groups in total. The second-order valence-electron chi connectivity index (χ2n) is 5.94. The lowest BCUT2D eigenvalue weighted by molar-refractivity contribution is -0.189. The summed E-state index contributed by atoms with van der Waals surface area (Å²) in [7, 11) is 1.68. The molecule has 2 aromatic rings. The van der Waals surface area contributed by atoms with Crippen LogP contribution in [0.2, 0.25) is 0 Å². The summed E-state index contributed by atoms with van der Waals surface area (Å²) in [5, 5.41) is 5.02. The number of carbonyl (C=O) groups is 1. The van der Waals surface area contributed by atoms with Crippen LogP contribution in [0.5, 0.6) is 5.75 Å². The quantitative estimate of drug-likeness (QED) is 0.627. The van der Waals surface area contributed by atoms with E-state index in [2.05, 4.69) is 29.6 Å². The predicted octanol–water partition coefficient (Wildman–Crippen LogP) is 2.83. The summed E-state index contributed by atoms with van der Waals surface area (Å²) in [6.45, 7) is 1.95. The molecule has 0 aliphatic carbocycles. The lowest BCUT2D eigenvalue weighted by Crippen LogP contribution is -2.31. The highest BCUT2D eigenvalue weighted by molar-refractivity contribution is 5.87. The van der Waals surface area contributed by atoms with Gasteiger partial charge in [-0.05, 0) is 34.9 Å². The van der Waals surface area contributed by atoms with E-state index in [0.717, 1.165) is 24.0 Å². The first-order chi connectivity index (χ1) is 11.8. The van der Waals surface area contributed by atoms with Gasteiger partial charge in [-0.25, -0.2) is 0 Å². The molecule has 0 unspecified atom stereocenters. The summed E-state index contributed by atoms with van der Waals surface area (Å²) in [6.07, 6.45) is 2.18. The van der Waals surface area contributed by atoms with Crippen molar-refractivity contribution in [2.45, 2.75) is 25.0 Å². The number of rotatable bonds is 7. The summed E-state index contributed by atoms with van der Waals surface area (Å²) < 4.78 is 17.0. The summed E-state index contributed by atoms with van der Waals surface area (Å²) in [5.74, 6) is 1.09. The van der Waals surface area contributed by atoms with Crippen LogP contribution in [-0.2, 0) is 14.3 Å². The van der Waals surface area contributed by atoms with Crippen LogP contribution >= 0.6 is 0 Å². The Hall–Kier alpha value is -2.11. The van der Waals surface area contributed by atoms with E-state index in [4.69, 9.17) is 14.2 Å². The molecule has 0 spiro atoms. The highest BCUT2D eigenvalue weighted by Crippen LogP contribution is 2.31. The first kappa shape index (κ1) is 16.7. The molecule has 1 aliphatic rings. The molecule has 5 heteroatoms. The van der Waals surface area contributed by atoms with Gasteiger partial charge in [-0.2, -0.15) is 0 Å². The van der Waals surface area contributed by atoms with E-state index in [0.29, 0.717) is 26.2 Å². The van der Waals surface area contributed by atoms with E-state index < -0.39 is 0 Å². The number of ether oxygens (including phenoxy) is 3. The van der Waals surface area contributed by atoms with E-state index in [9.17, 15) is 4.79 Å². The fourth-order valence-corrected chi connectivity index (χ4v) is 3.09. The molecule has 24 heavy (non-hydrogen) atoms. The largest absolute Gasteiger partial charge is 0.497 e. The van der Waals surface area contributed by atoms with Crippen molar-refractivity contribution in [2.75, 3.05) is 26.9 Å². The number of amides is 1. The molecule has 1 fully saturated rings. The van der Waals surface area contributed by atoms with Gasteiger partial charge in [-0.3, -0.25) is 4.79 Å². The molecule has 128 valence electrons. The van der Waals surface area contributed by atoms with Crippen molar-refractivity contribution in [1.29, 1.82) is 0 Å². The minimum atomic E-state index is -0.176. The third-order valence-electron chi connectivity index (χ3n) is 4.37. The molecule has 3 rings (SSSR count). The first-order valence-electron chi connectivity index (χ1n) is 8.28. The van der Waals surface area contributed by atoms with Crippen molar-refractivity contribution in [2.24, 2.45) is 0 Å². The minimum Gasteiger partial charge on any atom is -0.497 e. The molecule has 0 atom stereocenters. The molecule has 1 heterocycles.